The first-order valence-corrected chi connectivity index (χ1v) is 10.3. The maximum absolute atomic E-state index is 12.3. The molecule has 1 fully saturated rings. The lowest BCUT2D eigenvalue weighted by atomic mass is 10.1. The maximum atomic E-state index is 12.3. The van der Waals surface area contributed by atoms with Crippen LogP contribution in [0.4, 0.5) is 0 Å². The van der Waals surface area contributed by atoms with Gasteiger partial charge in [-0.05, 0) is 32.4 Å². The first kappa shape index (κ1) is 20.1. The summed E-state index contributed by atoms with van der Waals surface area (Å²) in [5.74, 6) is -0.615. The standard InChI is InChI=1S/C11H24N2O4S2.ClH/c1-3-8-13(11-4-6-12-7-5-11)19(16,17)10-9-18(2,14)15;/h11-12H,3-10H2,1-2H3;1H. The minimum absolute atomic E-state index is 0. The molecule has 1 N–H and O–H groups in total. The Labute approximate surface area is 128 Å². The van der Waals surface area contributed by atoms with Crippen LogP contribution in [0.1, 0.15) is 26.2 Å². The zero-order valence-corrected chi connectivity index (χ0v) is 14.5. The van der Waals surface area contributed by atoms with Crippen molar-refractivity contribution >= 4 is 32.3 Å². The molecule has 1 aliphatic heterocycles. The summed E-state index contributed by atoms with van der Waals surface area (Å²) in [6.45, 7) is 4.02. The van der Waals surface area contributed by atoms with E-state index >= 15 is 0 Å². The molecule has 0 bridgehead atoms. The summed E-state index contributed by atoms with van der Waals surface area (Å²) in [5, 5.41) is 3.20. The van der Waals surface area contributed by atoms with Crippen molar-refractivity contribution in [2.75, 3.05) is 37.4 Å². The van der Waals surface area contributed by atoms with Crippen LogP contribution < -0.4 is 5.32 Å². The average Bonchev–Trinajstić information content (AvgIpc) is 2.34. The van der Waals surface area contributed by atoms with Crippen molar-refractivity contribution in [2.45, 2.75) is 32.2 Å². The molecule has 1 rings (SSSR count). The van der Waals surface area contributed by atoms with Crippen molar-refractivity contribution in [3.05, 3.63) is 0 Å². The lowest BCUT2D eigenvalue weighted by molar-refractivity contribution is 0.262. The number of sulfonamides is 1. The molecular weight excluding hydrogens is 324 g/mol. The third kappa shape index (κ3) is 6.71. The molecule has 9 heteroatoms. The van der Waals surface area contributed by atoms with Gasteiger partial charge in [0.25, 0.3) is 0 Å². The van der Waals surface area contributed by atoms with E-state index in [9.17, 15) is 16.8 Å². The lowest BCUT2D eigenvalue weighted by Gasteiger charge is -2.33. The van der Waals surface area contributed by atoms with Crippen LogP contribution in [-0.2, 0) is 19.9 Å². The highest BCUT2D eigenvalue weighted by molar-refractivity contribution is 7.93. The number of hydrogen-bond donors (Lipinski definition) is 1. The van der Waals surface area contributed by atoms with Crippen molar-refractivity contribution in [1.82, 2.24) is 9.62 Å². The molecule has 0 aliphatic carbocycles. The van der Waals surface area contributed by atoms with Gasteiger partial charge in [0.05, 0.1) is 11.5 Å². The van der Waals surface area contributed by atoms with E-state index in [1.165, 1.54) is 4.31 Å². The summed E-state index contributed by atoms with van der Waals surface area (Å²) < 4.78 is 48.4. The molecule has 0 atom stereocenters. The van der Waals surface area contributed by atoms with Crippen LogP contribution in [0.5, 0.6) is 0 Å². The number of halogens is 1. The van der Waals surface area contributed by atoms with E-state index in [0.29, 0.717) is 6.54 Å². The highest BCUT2D eigenvalue weighted by atomic mass is 35.5. The van der Waals surface area contributed by atoms with Gasteiger partial charge >= 0.3 is 0 Å². The smallest absolute Gasteiger partial charge is 0.215 e. The van der Waals surface area contributed by atoms with Crippen molar-refractivity contribution in [3.8, 4) is 0 Å². The van der Waals surface area contributed by atoms with Gasteiger partial charge < -0.3 is 5.32 Å². The summed E-state index contributed by atoms with van der Waals surface area (Å²) in [6.07, 6.45) is 3.38. The molecule has 0 spiro atoms. The predicted octanol–water partition coefficient (Wildman–Crippen LogP) is 0.247. The van der Waals surface area contributed by atoms with Crippen LogP contribution in [0.2, 0.25) is 0 Å². The zero-order chi connectivity index (χ0) is 14.5. The molecule has 6 nitrogen and oxygen atoms in total. The van der Waals surface area contributed by atoms with Crippen molar-refractivity contribution in [1.29, 1.82) is 0 Å². The molecule has 0 aromatic heterocycles. The number of hydrogen-bond acceptors (Lipinski definition) is 5. The van der Waals surface area contributed by atoms with Crippen LogP contribution in [0.3, 0.4) is 0 Å². The van der Waals surface area contributed by atoms with Gasteiger partial charge in [-0.15, -0.1) is 12.4 Å². The molecule has 0 radical (unpaired) electrons. The molecular formula is C11H25ClN2O4S2. The van der Waals surface area contributed by atoms with E-state index in [-0.39, 0.29) is 30.0 Å². The zero-order valence-electron chi connectivity index (χ0n) is 12.0. The maximum Gasteiger partial charge on any atom is 0.215 e. The third-order valence-corrected chi connectivity index (χ3v) is 6.35. The van der Waals surface area contributed by atoms with Gasteiger partial charge in [0.15, 0.2) is 0 Å². The van der Waals surface area contributed by atoms with Gasteiger partial charge in [0.2, 0.25) is 10.0 Å². The second-order valence-corrected chi connectivity index (χ2v) is 9.34. The summed E-state index contributed by atoms with van der Waals surface area (Å²) in [7, 11) is -6.75. The number of piperidine rings is 1. The van der Waals surface area contributed by atoms with Gasteiger partial charge in [-0.25, -0.2) is 16.8 Å². The predicted molar refractivity (Wildman–Crippen MR) is 83.6 cm³/mol. The Morgan fingerprint density at radius 2 is 1.65 bits per heavy atom. The number of nitrogens with one attached hydrogen (secondary N) is 1. The van der Waals surface area contributed by atoms with Gasteiger partial charge in [-0.3, -0.25) is 0 Å². The summed E-state index contributed by atoms with van der Waals surface area (Å²) in [6, 6.07) is 0.00533. The molecule has 0 unspecified atom stereocenters. The Balaban J connectivity index is 0.00000361. The van der Waals surface area contributed by atoms with Crippen molar-refractivity contribution < 1.29 is 16.8 Å². The number of nitrogens with zero attached hydrogens (tertiary/aromatic N) is 1. The normalized spacial score (nSPS) is 17.9. The van der Waals surface area contributed by atoms with Gasteiger partial charge in [-0.2, -0.15) is 4.31 Å². The van der Waals surface area contributed by atoms with Gasteiger partial charge in [0, 0.05) is 18.8 Å². The minimum Gasteiger partial charge on any atom is -0.317 e. The highest BCUT2D eigenvalue weighted by Crippen LogP contribution is 2.17. The Hall–Kier alpha value is 0.110. The molecule has 1 saturated heterocycles. The molecule has 20 heavy (non-hydrogen) atoms. The SMILES string of the molecule is CCCN(C1CCNCC1)S(=O)(=O)CCS(C)(=O)=O.Cl. The first-order valence-electron chi connectivity index (χ1n) is 6.64. The van der Waals surface area contributed by atoms with E-state index in [0.717, 1.165) is 38.6 Å². The molecule has 0 aromatic rings. The molecule has 122 valence electrons. The average molecular weight is 349 g/mol. The summed E-state index contributed by atoms with van der Waals surface area (Å²) in [5.41, 5.74) is 0. The molecule has 0 saturated carbocycles. The fraction of sp³-hybridized carbons (Fsp3) is 1.00. The van der Waals surface area contributed by atoms with E-state index in [4.69, 9.17) is 0 Å². The minimum atomic E-state index is -3.49. The van der Waals surface area contributed by atoms with Crippen molar-refractivity contribution in [2.24, 2.45) is 0 Å². The summed E-state index contributed by atoms with van der Waals surface area (Å²) >= 11 is 0. The van der Waals surface area contributed by atoms with E-state index in [1.54, 1.807) is 0 Å². The molecule has 1 heterocycles. The van der Waals surface area contributed by atoms with Crippen LogP contribution in [-0.4, -0.2) is 64.6 Å². The molecule has 0 aromatic carbocycles. The van der Waals surface area contributed by atoms with Crippen LogP contribution >= 0.6 is 12.4 Å². The second-order valence-electron chi connectivity index (χ2n) is 5.04. The number of rotatable bonds is 7. The third-order valence-electron chi connectivity index (χ3n) is 3.23. The van der Waals surface area contributed by atoms with Gasteiger partial charge in [0.1, 0.15) is 9.84 Å². The topological polar surface area (TPSA) is 83.6 Å². The Bertz CT molecular complexity index is 473. The van der Waals surface area contributed by atoms with E-state index in [2.05, 4.69) is 5.32 Å². The van der Waals surface area contributed by atoms with Crippen molar-refractivity contribution in [3.63, 3.8) is 0 Å². The monoisotopic (exact) mass is 348 g/mol. The quantitative estimate of drug-likeness (QED) is 0.713. The highest BCUT2D eigenvalue weighted by Gasteiger charge is 2.30. The largest absolute Gasteiger partial charge is 0.317 e. The van der Waals surface area contributed by atoms with E-state index in [1.807, 2.05) is 6.92 Å². The Morgan fingerprint density at radius 3 is 2.10 bits per heavy atom. The fourth-order valence-electron chi connectivity index (χ4n) is 2.24. The Kier molecular flexibility index (Phi) is 8.57. The number of sulfone groups is 1. The van der Waals surface area contributed by atoms with Crippen LogP contribution in [0, 0.1) is 0 Å². The molecule has 1 aliphatic rings. The lowest BCUT2D eigenvalue weighted by Crippen LogP contribution is -2.47. The van der Waals surface area contributed by atoms with E-state index < -0.39 is 19.9 Å². The van der Waals surface area contributed by atoms with Crippen LogP contribution in [0.15, 0.2) is 0 Å². The molecule has 0 amide bonds. The van der Waals surface area contributed by atoms with Gasteiger partial charge in [-0.1, -0.05) is 6.92 Å². The Morgan fingerprint density at radius 1 is 1.10 bits per heavy atom. The first-order chi connectivity index (χ1) is 8.76. The van der Waals surface area contributed by atoms with Crippen LogP contribution in [0.25, 0.3) is 0 Å². The fourth-order valence-corrected chi connectivity index (χ4v) is 5.65. The second kappa shape index (κ2) is 8.53. The summed E-state index contributed by atoms with van der Waals surface area (Å²) in [4.78, 5) is 0.